The van der Waals surface area contributed by atoms with E-state index in [1.807, 2.05) is 30.3 Å². The van der Waals surface area contributed by atoms with Crippen molar-refractivity contribution < 1.29 is 0 Å². The molecule has 0 spiro atoms. The third-order valence-corrected chi connectivity index (χ3v) is 3.81. The molecule has 0 aliphatic carbocycles. The lowest BCUT2D eigenvalue weighted by Crippen LogP contribution is -1.89. The first-order chi connectivity index (χ1) is 9.26. The molecule has 0 saturated heterocycles. The Balaban J connectivity index is 1.92. The van der Waals surface area contributed by atoms with Crippen LogP contribution in [0.15, 0.2) is 58.5 Å². The van der Waals surface area contributed by atoms with Gasteiger partial charge in [-0.15, -0.1) is 0 Å². The molecule has 92 valence electrons. The van der Waals surface area contributed by atoms with Gasteiger partial charge in [0, 0.05) is 15.8 Å². The molecule has 2 aromatic carbocycles. The second-order valence-electron chi connectivity index (χ2n) is 4.18. The van der Waals surface area contributed by atoms with Crippen molar-refractivity contribution in [2.24, 2.45) is 0 Å². The normalized spacial score (nSPS) is 10.5. The molecule has 1 heterocycles. The Morgan fingerprint density at radius 1 is 1.11 bits per heavy atom. The van der Waals surface area contributed by atoms with Gasteiger partial charge >= 0.3 is 0 Å². The first-order valence-corrected chi connectivity index (χ1v) is 6.63. The van der Waals surface area contributed by atoms with Crippen LogP contribution in [0.2, 0.25) is 0 Å². The van der Waals surface area contributed by atoms with E-state index in [-0.39, 0.29) is 0 Å². The number of nitrogens with one attached hydrogen (secondary N) is 1. The number of H-pyrrole nitrogens is 1. The highest BCUT2D eigenvalue weighted by atomic mass is 32.2. The fraction of sp³-hybridized carbons (Fsp3) is 0. The first kappa shape index (κ1) is 11.7. The number of aromatic amines is 1. The monoisotopic (exact) mass is 265 g/mol. The number of nitrogens with two attached hydrogens (primary N) is 1. The van der Waals surface area contributed by atoms with Crippen LogP contribution >= 0.6 is 11.8 Å². The third kappa shape index (κ3) is 2.28. The summed E-state index contributed by atoms with van der Waals surface area (Å²) in [5.41, 5.74) is 7.96. The highest BCUT2D eigenvalue weighted by molar-refractivity contribution is 7.99. The molecule has 0 unspecified atom stereocenters. The molecule has 3 N–H and O–H groups in total. The van der Waals surface area contributed by atoms with Gasteiger partial charge in [0.15, 0.2) is 0 Å². The van der Waals surface area contributed by atoms with Crippen molar-refractivity contribution in [3.05, 3.63) is 54.1 Å². The van der Waals surface area contributed by atoms with Crippen LogP contribution in [0.25, 0.3) is 10.9 Å². The van der Waals surface area contributed by atoms with E-state index in [1.165, 1.54) is 5.39 Å². The van der Waals surface area contributed by atoms with E-state index in [4.69, 9.17) is 11.0 Å². The molecule has 3 aromatic rings. The summed E-state index contributed by atoms with van der Waals surface area (Å²) in [6.07, 6.45) is 0. The maximum Gasteiger partial charge on any atom is 0.101 e. The summed E-state index contributed by atoms with van der Waals surface area (Å²) in [6.45, 7) is 0. The summed E-state index contributed by atoms with van der Waals surface area (Å²) in [6, 6.07) is 17.8. The third-order valence-electron chi connectivity index (χ3n) is 2.88. The number of hydrogen-bond acceptors (Lipinski definition) is 3. The fourth-order valence-electron chi connectivity index (χ4n) is 1.93. The van der Waals surface area contributed by atoms with Gasteiger partial charge in [0.05, 0.1) is 16.3 Å². The molecule has 0 radical (unpaired) electrons. The fourth-order valence-corrected chi connectivity index (χ4v) is 2.86. The summed E-state index contributed by atoms with van der Waals surface area (Å²) in [7, 11) is 0. The Morgan fingerprint density at radius 3 is 2.68 bits per heavy atom. The van der Waals surface area contributed by atoms with Gasteiger partial charge in [0.1, 0.15) is 6.07 Å². The maximum absolute atomic E-state index is 8.85. The van der Waals surface area contributed by atoms with Crippen LogP contribution in [-0.4, -0.2) is 4.98 Å². The molecular weight excluding hydrogens is 254 g/mol. The predicted octanol–water partition coefficient (Wildman–Crippen LogP) is 3.77. The number of rotatable bonds is 2. The molecular formula is C15H11N3S. The first-order valence-electron chi connectivity index (χ1n) is 5.81. The van der Waals surface area contributed by atoms with E-state index in [9.17, 15) is 0 Å². The highest BCUT2D eigenvalue weighted by Gasteiger charge is 2.04. The molecule has 1 aromatic heterocycles. The standard InChI is InChI=1S/C15H11N3S/c16-9-11-5-6-12(8-13(11)17)19-15-7-10-3-1-2-4-14(10)18-15/h1-8,18H,17H2. The number of aromatic nitrogens is 1. The molecule has 0 atom stereocenters. The molecule has 0 saturated carbocycles. The molecule has 0 aliphatic heterocycles. The Labute approximate surface area is 115 Å². The van der Waals surface area contributed by atoms with Crippen LogP contribution < -0.4 is 5.73 Å². The van der Waals surface area contributed by atoms with E-state index in [2.05, 4.69) is 23.2 Å². The van der Waals surface area contributed by atoms with Gasteiger partial charge in [-0.25, -0.2) is 0 Å². The van der Waals surface area contributed by atoms with Gasteiger partial charge in [-0.1, -0.05) is 30.0 Å². The smallest absolute Gasteiger partial charge is 0.101 e. The molecule has 0 fully saturated rings. The topological polar surface area (TPSA) is 65.6 Å². The summed E-state index contributed by atoms with van der Waals surface area (Å²) in [4.78, 5) is 4.37. The number of nitrogens with zero attached hydrogens (tertiary/aromatic N) is 1. The van der Waals surface area contributed by atoms with Crippen molar-refractivity contribution in [3.63, 3.8) is 0 Å². The van der Waals surface area contributed by atoms with E-state index in [1.54, 1.807) is 17.8 Å². The minimum Gasteiger partial charge on any atom is -0.398 e. The van der Waals surface area contributed by atoms with Crippen LogP contribution in [-0.2, 0) is 0 Å². The van der Waals surface area contributed by atoms with E-state index in [0.29, 0.717) is 11.3 Å². The van der Waals surface area contributed by atoms with Crippen LogP contribution in [0.4, 0.5) is 5.69 Å². The summed E-state index contributed by atoms with van der Waals surface area (Å²) in [5, 5.41) is 11.1. The molecule has 4 heteroatoms. The second-order valence-corrected chi connectivity index (χ2v) is 5.30. The Hall–Kier alpha value is -2.38. The molecule has 0 bridgehead atoms. The van der Waals surface area contributed by atoms with Gasteiger partial charge in [0.25, 0.3) is 0 Å². The van der Waals surface area contributed by atoms with Crippen molar-refractivity contribution >= 4 is 28.4 Å². The van der Waals surface area contributed by atoms with Crippen molar-refractivity contribution in [1.82, 2.24) is 4.98 Å². The van der Waals surface area contributed by atoms with Crippen LogP contribution in [0.3, 0.4) is 0 Å². The minimum absolute atomic E-state index is 0.515. The number of nitriles is 1. The lowest BCUT2D eigenvalue weighted by Gasteiger charge is -2.01. The summed E-state index contributed by atoms with van der Waals surface area (Å²) in [5.74, 6) is 0. The maximum atomic E-state index is 8.85. The zero-order valence-corrected chi connectivity index (χ0v) is 10.9. The largest absolute Gasteiger partial charge is 0.398 e. The lowest BCUT2D eigenvalue weighted by molar-refractivity contribution is 1.23. The van der Waals surface area contributed by atoms with Crippen molar-refractivity contribution in [2.45, 2.75) is 9.92 Å². The zero-order chi connectivity index (χ0) is 13.2. The van der Waals surface area contributed by atoms with Gasteiger partial charge in [-0.05, 0) is 30.3 Å². The highest BCUT2D eigenvalue weighted by Crippen LogP contribution is 2.31. The number of para-hydroxylation sites is 1. The van der Waals surface area contributed by atoms with E-state index in [0.717, 1.165) is 15.4 Å². The average molecular weight is 265 g/mol. The Morgan fingerprint density at radius 2 is 1.95 bits per heavy atom. The average Bonchev–Trinajstić information content (AvgIpc) is 2.81. The van der Waals surface area contributed by atoms with E-state index < -0.39 is 0 Å². The summed E-state index contributed by atoms with van der Waals surface area (Å²) < 4.78 is 0. The second kappa shape index (κ2) is 4.71. The molecule has 0 aliphatic rings. The molecule has 0 amide bonds. The Kier molecular flexibility index (Phi) is 2.90. The van der Waals surface area contributed by atoms with Gasteiger partial charge in [0.2, 0.25) is 0 Å². The van der Waals surface area contributed by atoms with Crippen LogP contribution in [0.1, 0.15) is 5.56 Å². The van der Waals surface area contributed by atoms with Crippen molar-refractivity contribution in [2.75, 3.05) is 5.73 Å². The van der Waals surface area contributed by atoms with Gasteiger partial charge in [-0.3, -0.25) is 0 Å². The number of fused-ring (bicyclic) bond motifs is 1. The zero-order valence-electron chi connectivity index (χ0n) is 10.1. The van der Waals surface area contributed by atoms with Crippen LogP contribution in [0, 0.1) is 11.3 Å². The number of anilines is 1. The van der Waals surface area contributed by atoms with Gasteiger partial charge < -0.3 is 10.7 Å². The predicted molar refractivity (Wildman–Crippen MR) is 78.0 cm³/mol. The number of nitrogen functional groups attached to an aromatic ring is 1. The molecule has 19 heavy (non-hydrogen) atoms. The lowest BCUT2D eigenvalue weighted by atomic mass is 10.2. The Bertz CT molecular complexity index is 750. The molecule has 3 rings (SSSR count). The van der Waals surface area contributed by atoms with Crippen molar-refractivity contribution in [1.29, 1.82) is 5.26 Å². The SMILES string of the molecule is N#Cc1ccc(Sc2cc3ccccc3[nH]2)cc1N. The molecule has 3 nitrogen and oxygen atoms in total. The number of benzene rings is 2. The minimum atomic E-state index is 0.515. The van der Waals surface area contributed by atoms with Gasteiger partial charge in [-0.2, -0.15) is 5.26 Å². The van der Waals surface area contributed by atoms with Crippen molar-refractivity contribution in [3.8, 4) is 6.07 Å². The number of hydrogen-bond donors (Lipinski definition) is 2. The summed E-state index contributed by atoms with van der Waals surface area (Å²) >= 11 is 1.60. The quantitative estimate of drug-likeness (QED) is 0.693. The van der Waals surface area contributed by atoms with E-state index >= 15 is 0 Å². The van der Waals surface area contributed by atoms with Crippen LogP contribution in [0.5, 0.6) is 0 Å².